The molecule has 0 aromatic carbocycles. The van der Waals surface area contributed by atoms with Gasteiger partial charge in [0, 0.05) is 1.37 Å². The fourth-order valence-electron chi connectivity index (χ4n) is 0.175. The minimum Gasteiger partial charge on any atom is -0.179 e. The van der Waals surface area contributed by atoms with Crippen molar-refractivity contribution in [3.63, 3.8) is 0 Å². The average molecular weight is 126 g/mol. The molecule has 1 unspecified atom stereocenters. The van der Waals surface area contributed by atoms with Crippen LogP contribution in [0.5, 0.6) is 0 Å². The van der Waals surface area contributed by atoms with E-state index in [1.54, 1.807) is 0 Å². The lowest BCUT2D eigenvalue weighted by molar-refractivity contribution is 0.912. The molecule has 6 heavy (non-hydrogen) atoms. The lowest BCUT2D eigenvalue weighted by Gasteiger charge is -1.85. The van der Waals surface area contributed by atoms with E-state index < -0.39 is 0 Å². The van der Waals surface area contributed by atoms with Gasteiger partial charge in [-0.1, -0.05) is 0 Å². The Morgan fingerprint density at radius 1 is 1.67 bits per heavy atom. The summed E-state index contributed by atoms with van der Waals surface area (Å²) in [5, 5.41) is 0. The first-order chi connectivity index (χ1) is 3.77. The molecule has 0 saturated heterocycles. The molecule has 0 aliphatic carbocycles. The molecule has 0 saturated carbocycles. The van der Waals surface area contributed by atoms with Gasteiger partial charge in [0.25, 0.3) is 0 Å². The molecule has 0 bridgehead atoms. The van der Waals surface area contributed by atoms with Gasteiger partial charge in [-0.15, -0.1) is 0 Å². The lowest BCUT2D eigenvalue weighted by atomic mass is 10.4. The second-order valence-corrected chi connectivity index (χ2v) is 1.80. The van der Waals surface area contributed by atoms with E-state index in [0.29, 0.717) is 0 Å². The van der Waals surface area contributed by atoms with Crippen LogP contribution in [0.15, 0.2) is 0 Å². The van der Waals surface area contributed by atoms with E-state index in [1.807, 2.05) is 0 Å². The minimum absolute atomic E-state index is 0.248. The Kier molecular flexibility index (Phi) is 3.49. The summed E-state index contributed by atoms with van der Waals surface area (Å²) < 4.78 is 13.6. The quantitative estimate of drug-likeness (QED) is 0.415. The molecular formula is C4H10S2. The summed E-state index contributed by atoms with van der Waals surface area (Å²) >= 11 is 4.94. The summed E-state index contributed by atoms with van der Waals surface area (Å²) in [7, 11) is 0. The number of hydrogen-bond acceptors (Lipinski definition) is 2. The van der Waals surface area contributed by atoms with Crippen LogP contribution in [-0.2, 0) is 0 Å². The second-order valence-electron chi connectivity index (χ2n) is 1.03. The van der Waals surface area contributed by atoms with E-state index in [-0.39, 0.29) is 5.73 Å². The van der Waals surface area contributed by atoms with E-state index in [1.165, 1.54) is 0 Å². The zero-order valence-electron chi connectivity index (χ0n) is 5.55. The van der Waals surface area contributed by atoms with Gasteiger partial charge in [-0.3, -0.25) is 0 Å². The Hall–Kier alpha value is 0.700. The molecule has 0 aromatic heterocycles. The standard InChI is InChI=1S/C4H10S2/c5-3-1-2-4-6/h5-6H,1-4H2/i3T/hT. The van der Waals surface area contributed by atoms with E-state index in [9.17, 15) is 0 Å². The first-order valence-electron chi connectivity index (χ1n) is 2.94. The molecule has 0 fully saturated rings. The van der Waals surface area contributed by atoms with Gasteiger partial charge in [-0.25, -0.2) is 0 Å². The van der Waals surface area contributed by atoms with Gasteiger partial charge in [0.15, 0.2) is 0 Å². The smallest absolute Gasteiger partial charge is 0.102 e. The monoisotopic (exact) mass is 126 g/mol. The van der Waals surface area contributed by atoms with Crippen molar-refractivity contribution in [3.05, 3.63) is 0 Å². The predicted octanol–water partition coefficient (Wildman–Crippen LogP) is 1.63. The summed E-state index contributed by atoms with van der Waals surface area (Å²) in [5.41, 5.74) is -0.248. The number of hydrogen-bond donors (Lipinski definition) is 2. The van der Waals surface area contributed by atoms with Crippen LogP contribution >= 0.6 is 25.2 Å². The summed E-state index contributed by atoms with van der Waals surface area (Å²) in [6.07, 6.45) is 1.74. The van der Waals surface area contributed by atoms with Gasteiger partial charge in [-0.05, 0) is 24.3 Å². The van der Waals surface area contributed by atoms with Crippen LogP contribution in [-0.4, -0.2) is 12.6 Å². The maximum absolute atomic E-state index is 6.95. The normalized spacial score (nSPS) is 18.8. The minimum atomic E-state index is -0.248. The summed E-state index contributed by atoms with van der Waals surface area (Å²) in [6, 6.07) is 0. The third-order valence-electron chi connectivity index (χ3n) is 0.478. The van der Waals surface area contributed by atoms with Crippen molar-refractivity contribution >= 4 is 25.2 Å². The van der Waals surface area contributed by atoms with Crippen LogP contribution in [0.2, 0.25) is 0 Å². The third kappa shape index (κ3) is 4.70. The summed E-state index contributed by atoms with van der Waals surface area (Å²) in [6.45, 7) is 0. The van der Waals surface area contributed by atoms with Crippen LogP contribution in [0, 0.1) is 0 Å². The topological polar surface area (TPSA) is 0 Å². The van der Waals surface area contributed by atoms with E-state index in [4.69, 9.17) is 2.49 Å². The van der Waals surface area contributed by atoms with Gasteiger partial charge >= 0.3 is 0 Å². The molecule has 0 radical (unpaired) electrons. The molecule has 0 aliphatic rings. The van der Waals surface area contributed by atoms with Gasteiger partial charge < -0.3 is 0 Å². The molecule has 0 rings (SSSR count). The molecule has 0 spiro atoms. The zero-order valence-corrected chi connectivity index (χ0v) is 5.27. The van der Waals surface area contributed by atoms with Gasteiger partial charge in [-0.2, -0.15) is 25.2 Å². The fourth-order valence-corrected chi connectivity index (χ4v) is 0.524. The van der Waals surface area contributed by atoms with E-state index in [2.05, 4.69) is 12.6 Å². The van der Waals surface area contributed by atoms with Crippen molar-refractivity contribution in [2.75, 3.05) is 11.5 Å². The van der Waals surface area contributed by atoms with Crippen molar-refractivity contribution in [1.29, 1.82) is 1.12 Å². The van der Waals surface area contributed by atoms with Crippen molar-refractivity contribution in [3.8, 4) is 0 Å². The van der Waals surface area contributed by atoms with Crippen molar-refractivity contribution in [2.45, 2.75) is 12.8 Å². The largest absolute Gasteiger partial charge is 0.179 e. The Bertz CT molecular complexity index is 49.3. The highest BCUT2D eigenvalue weighted by Crippen LogP contribution is 1.91. The SMILES string of the molecule is [3H]SCCCC([3H])S. The third-order valence-corrected chi connectivity index (χ3v) is 1.02. The maximum Gasteiger partial charge on any atom is 0.102 e. The highest BCUT2D eigenvalue weighted by atomic mass is 32.1. The molecule has 0 heterocycles. The lowest BCUT2D eigenvalue weighted by Crippen LogP contribution is -1.74. The van der Waals surface area contributed by atoms with Gasteiger partial charge in [0.2, 0.25) is 0 Å². The fraction of sp³-hybridized carbons (Fsp3) is 1.00. The molecule has 0 N–H and O–H groups in total. The molecule has 0 aromatic rings. The van der Waals surface area contributed by atoms with Crippen LogP contribution in [0.1, 0.15) is 14.2 Å². The molecule has 0 aliphatic heterocycles. The number of rotatable bonds is 4. The van der Waals surface area contributed by atoms with E-state index >= 15 is 0 Å². The molecule has 1 atom stereocenters. The molecule has 0 nitrogen and oxygen atoms in total. The van der Waals surface area contributed by atoms with Crippen LogP contribution in [0.25, 0.3) is 0 Å². The Morgan fingerprint density at radius 3 is 3.00 bits per heavy atom. The second kappa shape index (κ2) is 5.70. The molecule has 0 amide bonds. The summed E-state index contributed by atoms with van der Waals surface area (Å²) in [4.78, 5) is 0. The Balaban J connectivity index is 2.72. The predicted molar refractivity (Wildman–Crippen MR) is 36.9 cm³/mol. The highest BCUT2D eigenvalue weighted by Gasteiger charge is 1.76. The maximum atomic E-state index is 6.95. The Morgan fingerprint density at radius 2 is 2.50 bits per heavy atom. The first-order valence-corrected chi connectivity index (χ1v) is 3.05. The highest BCUT2D eigenvalue weighted by molar-refractivity contribution is 7.80. The van der Waals surface area contributed by atoms with Gasteiger partial charge in [0.1, 0.15) is 1.12 Å². The van der Waals surface area contributed by atoms with Crippen molar-refractivity contribution in [2.24, 2.45) is 0 Å². The number of thiol groups is 2. The molecule has 38 valence electrons. The van der Waals surface area contributed by atoms with Crippen molar-refractivity contribution in [1.82, 2.24) is 0 Å². The Labute approximate surface area is 52.6 Å². The van der Waals surface area contributed by atoms with Crippen LogP contribution in [0.4, 0.5) is 0 Å². The summed E-state index contributed by atoms with van der Waals surface area (Å²) in [5.74, 6) is 0.829. The van der Waals surface area contributed by atoms with Gasteiger partial charge in [0.05, 0.1) is 0 Å². The van der Waals surface area contributed by atoms with Crippen molar-refractivity contribution < 1.29 is 1.37 Å². The van der Waals surface area contributed by atoms with Crippen LogP contribution < -0.4 is 0 Å². The van der Waals surface area contributed by atoms with E-state index in [0.717, 1.165) is 31.1 Å². The molecule has 2 heteroatoms. The zero-order chi connectivity index (χ0) is 6.41. The first kappa shape index (κ1) is 3.67. The average Bonchev–Trinajstić information content (AvgIpc) is 1.66. The van der Waals surface area contributed by atoms with Crippen LogP contribution in [0.3, 0.4) is 0 Å². The molecular weight excluding hydrogens is 112 g/mol.